The molecule has 17 heavy (non-hydrogen) atoms. The Morgan fingerprint density at radius 1 is 1.24 bits per heavy atom. The minimum Gasteiger partial charge on any atom is -0.274 e. The lowest BCUT2D eigenvalue weighted by molar-refractivity contribution is -0.124. The van der Waals surface area contributed by atoms with E-state index in [2.05, 4.69) is 0 Å². The molecule has 1 aromatic carbocycles. The molecule has 1 rings (SSSR count). The molecule has 0 aromatic heterocycles. The third-order valence-electron chi connectivity index (χ3n) is 2.19. The second kappa shape index (κ2) is 6.30. The van der Waals surface area contributed by atoms with Crippen LogP contribution in [0, 0.1) is 0 Å². The van der Waals surface area contributed by atoms with Crippen LogP contribution in [0.4, 0.5) is 5.69 Å². The van der Waals surface area contributed by atoms with Gasteiger partial charge in [0.1, 0.15) is 5.75 Å². The minimum atomic E-state index is -1.21. The monoisotopic (exact) mass is 253 g/mol. The number of rotatable bonds is 4. The molecule has 0 aliphatic heterocycles. The average Bonchev–Trinajstić information content (AvgIpc) is 2.29. The number of anilines is 1. The maximum Gasteiger partial charge on any atom is 0.246 e. The predicted molar refractivity (Wildman–Crippen MR) is 68.2 cm³/mol. The van der Waals surface area contributed by atoms with Crippen LogP contribution in [0.25, 0.3) is 0 Å². The molecular weight excluding hydrogens is 238 g/mol. The van der Waals surface area contributed by atoms with E-state index in [1.807, 2.05) is 0 Å². The smallest absolute Gasteiger partial charge is 0.246 e. The summed E-state index contributed by atoms with van der Waals surface area (Å²) in [7, 11) is -1.21. The lowest BCUT2D eigenvalue weighted by Crippen LogP contribution is -2.38. The van der Waals surface area contributed by atoms with Crippen molar-refractivity contribution in [1.82, 2.24) is 0 Å². The van der Waals surface area contributed by atoms with Gasteiger partial charge in [-0.15, -0.1) is 0 Å². The van der Waals surface area contributed by atoms with Crippen molar-refractivity contribution in [2.45, 2.75) is 13.8 Å². The van der Waals surface area contributed by atoms with Gasteiger partial charge >= 0.3 is 0 Å². The molecule has 1 unspecified atom stereocenters. The molecule has 5 heteroatoms. The van der Waals surface area contributed by atoms with Crippen molar-refractivity contribution in [3.8, 4) is 0 Å². The van der Waals surface area contributed by atoms with Gasteiger partial charge in [0, 0.05) is 23.5 Å². The summed E-state index contributed by atoms with van der Waals surface area (Å²) in [4.78, 5) is 24.4. The standard InChI is InChI=1S/C12H15NO3S/c1-3-17(16)9-12(15)13(10(2)14)11-7-5-4-6-8-11/h4-8H,3,9H2,1-2H3. The molecule has 2 amide bonds. The van der Waals surface area contributed by atoms with Crippen LogP contribution in [-0.4, -0.2) is 27.5 Å². The van der Waals surface area contributed by atoms with Crippen molar-refractivity contribution in [2.75, 3.05) is 16.4 Å². The molecule has 4 nitrogen and oxygen atoms in total. The normalized spacial score (nSPS) is 11.9. The van der Waals surface area contributed by atoms with Gasteiger partial charge in [-0.3, -0.25) is 18.7 Å². The molecule has 0 fully saturated rings. The second-order valence-electron chi connectivity index (χ2n) is 3.46. The SMILES string of the molecule is CCS(=O)CC(=O)N(C(C)=O)c1ccccc1. The summed E-state index contributed by atoms with van der Waals surface area (Å²) >= 11 is 0. The molecule has 0 heterocycles. The third kappa shape index (κ3) is 3.78. The van der Waals surface area contributed by atoms with Gasteiger partial charge in [0.2, 0.25) is 11.8 Å². The number of hydrogen-bond acceptors (Lipinski definition) is 3. The Morgan fingerprint density at radius 3 is 2.29 bits per heavy atom. The zero-order valence-corrected chi connectivity index (χ0v) is 10.7. The first kappa shape index (κ1) is 13.6. The van der Waals surface area contributed by atoms with Gasteiger partial charge in [0.05, 0.1) is 5.69 Å². The predicted octanol–water partition coefficient (Wildman–Crippen LogP) is 1.33. The Balaban J connectivity index is 2.91. The summed E-state index contributed by atoms with van der Waals surface area (Å²) in [5.41, 5.74) is 0.512. The van der Waals surface area contributed by atoms with Gasteiger partial charge < -0.3 is 0 Å². The highest BCUT2D eigenvalue weighted by molar-refractivity contribution is 7.85. The highest BCUT2D eigenvalue weighted by Gasteiger charge is 2.21. The summed E-state index contributed by atoms with van der Waals surface area (Å²) in [6.07, 6.45) is 0. The van der Waals surface area contributed by atoms with Crippen molar-refractivity contribution in [1.29, 1.82) is 0 Å². The minimum absolute atomic E-state index is 0.120. The maximum atomic E-state index is 11.9. The number of amides is 2. The average molecular weight is 253 g/mol. The second-order valence-corrected chi connectivity index (χ2v) is 5.20. The van der Waals surface area contributed by atoms with Crippen LogP contribution in [0.2, 0.25) is 0 Å². The van der Waals surface area contributed by atoms with Crippen molar-refractivity contribution in [2.24, 2.45) is 0 Å². The Kier molecular flexibility index (Phi) is 5.03. The number of imide groups is 1. The topological polar surface area (TPSA) is 54.5 Å². The van der Waals surface area contributed by atoms with Crippen molar-refractivity contribution >= 4 is 28.3 Å². The summed E-state index contributed by atoms with van der Waals surface area (Å²) in [5, 5.41) is 0. The summed E-state index contributed by atoms with van der Waals surface area (Å²) < 4.78 is 11.3. The van der Waals surface area contributed by atoms with E-state index in [1.165, 1.54) is 6.92 Å². The van der Waals surface area contributed by atoms with Gasteiger partial charge in [-0.05, 0) is 12.1 Å². The molecule has 0 spiro atoms. The van der Waals surface area contributed by atoms with E-state index >= 15 is 0 Å². The fraction of sp³-hybridized carbons (Fsp3) is 0.333. The number of carbonyl (C=O) groups is 2. The molecule has 92 valence electrons. The number of carbonyl (C=O) groups excluding carboxylic acids is 2. The zero-order valence-electron chi connectivity index (χ0n) is 9.88. The van der Waals surface area contributed by atoms with E-state index in [0.29, 0.717) is 11.4 Å². The fourth-order valence-corrected chi connectivity index (χ4v) is 1.99. The first-order valence-corrected chi connectivity index (χ1v) is 6.78. The zero-order chi connectivity index (χ0) is 12.8. The van der Waals surface area contributed by atoms with Crippen LogP contribution in [0.5, 0.6) is 0 Å². The molecule has 0 bridgehead atoms. The Morgan fingerprint density at radius 2 is 1.82 bits per heavy atom. The van der Waals surface area contributed by atoms with Gasteiger partial charge in [-0.25, -0.2) is 0 Å². The lowest BCUT2D eigenvalue weighted by atomic mass is 10.3. The van der Waals surface area contributed by atoms with Crippen LogP contribution >= 0.6 is 0 Å². The highest BCUT2D eigenvalue weighted by Crippen LogP contribution is 2.14. The number of hydrogen-bond donors (Lipinski definition) is 0. The lowest BCUT2D eigenvalue weighted by Gasteiger charge is -2.18. The molecule has 0 aliphatic rings. The van der Waals surface area contributed by atoms with Crippen molar-refractivity contribution in [3.63, 3.8) is 0 Å². The molecule has 0 radical (unpaired) electrons. The Bertz CT molecular complexity index is 431. The van der Waals surface area contributed by atoms with E-state index in [0.717, 1.165) is 4.90 Å². The molecule has 1 aromatic rings. The number of para-hydroxylation sites is 1. The van der Waals surface area contributed by atoms with Gasteiger partial charge in [-0.2, -0.15) is 0 Å². The molecule has 0 saturated carbocycles. The first-order valence-electron chi connectivity index (χ1n) is 5.29. The molecular formula is C12H15NO3S. The Labute approximate surface area is 103 Å². The largest absolute Gasteiger partial charge is 0.274 e. The van der Waals surface area contributed by atoms with Crippen LogP contribution in [-0.2, 0) is 20.4 Å². The third-order valence-corrected chi connectivity index (χ3v) is 3.40. The van der Waals surface area contributed by atoms with Crippen LogP contribution in [0.15, 0.2) is 30.3 Å². The van der Waals surface area contributed by atoms with E-state index in [1.54, 1.807) is 37.3 Å². The maximum absolute atomic E-state index is 11.9. The molecule has 1 atom stereocenters. The van der Waals surface area contributed by atoms with Crippen LogP contribution in [0.1, 0.15) is 13.8 Å². The highest BCUT2D eigenvalue weighted by atomic mass is 32.2. The van der Waals surface area contributed by atoms with Gasteiger partial charge in [-0.1, -0.05) is 25.1 Å². The van der Waals surface area contributed by atoms with Crippen LogP contribution in [0.3, 0.4) is 0 Å². The van der Waals surface area contributed by atoms with Gasteiger partial charge in [0.15, 0.2) is 0 Å². The van der Waals surface area contributed by atoms with E-state index in [4.69, 9.17) is 0 Å². The quantitative estimate of drug-likeness (QED) is 0.813. The fourth-order valence-electron chi connectivity index (χ4n) is 1.38. The first-order chi connectivity index (χ1) is 8.06. The van der Waals surface area contributed by atoms with E-state index in [9.17, 15) is 13.8 Å². The number of nitrogens with zero attached hydrogens (tertiary/aromatic N) is 1. The number of benzene rings is 1. The molecule has 0 saturated heterocycles. The summed E-state index contributed by atoms with van der Waals surface area (Å²) in [5.74, 6) is -0.504. The molecule has 0 aliphatic carbocycles. The van der Waals surface area contributed by atoms with Crippen molar-refractivity contribution in [3.05, 3.63) is 30.3 Å². The Hall–Kier alpha value is -1.49. The van der Waals surface area contributed by atoms with E-state index < -0.39 is 16.7 Å². The van der Waals surface area contributed by atoms with Crippen molar-refractivity contribution < 1.29 is 13.8 Å². The van der Waals surface area contributed by atoms with E-state index in [-0.39, 0.29) is 11.7 Å². The summed E-state index contributed by atoms with van der Waals surface area (Å²) in [6.45, 7) is 3.06. The van der Waals surface area contributed by atoms with Crippen LogP contribution < -0.4 is 4.90 Å². The van der Waals surface area contributed by atoms with Gasteiger partial charge in [0.25, 0.3) is 0 Å². The summed E-state index contributed by atoms with van der Waals surface area (Å²) in [6, 6.07) is 8.64. The molecule has 0 N–H and O–H groups in total.